The first kappa shape index (κ1) is 15.2. The van der Waals surface area contributed by atoms with E-state index in [9.17, 15) is 14.4 Å². The fourth-order valence-corrected chi connectivity index (χ4v) is 2.61. The number of aromatic amines is 1. The number of benzene rings is 2. The molecule has 0 spiro atoms. The van der Waals surface area contributed by atoms with Gasteiger partial charge in [-0.05, 0) is 29.8 Å². The van der Waals surface area contributed by atoms with Gasteiger partial charge in [-0.1, -0.05) is 46.3 Å². The molecule has 5 heteroatoms. The van der Waals surface area contributed by atoms with Crippen LogP contribution >= 0.6 is 15.9 Å². The normalized spacial score (nSPS) is 10.3. The molecule has 0 aliphatic heterocycles. The van der Waals surface area contributed by atoms with E-state index in [2.05, 4.69) is 20.9 Å². The van der Waals surface area contributed by atoms with Gasteiger partial charge in [-0.25, -0.2) is 4.39 Å². The van der Waals surface area contributed by atoms with Gasteiger partial charge in [0.15, 0.2) is 0 Å². The molecular weight excluding hydrogens is 359 g/mol. The van der Waals surface area contributed by atoms with E-state index in [1.54, 1.807) is 24.3 Å². The van der Waals surface area contributed by atoms with Gasteiger partial charge in [0.05, 0.1) is 0 Å². The first-order valence-corrected chi connectivity index (χ1v) is 7.57. The van der Waals surface area contributed by atoms with Crippen molar-refractivity contribution in [2.75, 3.05) is 0 Å². The van der Waals surface area contributed by atoms with Crippen LogP contribution in [0.3, 0.4) is 0 Å². The molecule has 0 saturated heterocycles. The maximum Gasteiger partial charge on any atom is 0.266 e. The lowest BCUT2D eigenvalue weighted by Crippen LogP contribution is -2.13. The van der Waals surface area contributed by atoms with Crippen molar-refractivity contribution in [2.45, 2.75) is 0 Å². The minimum atomic E-state index is -0.536. The molecule has 0 unspecified atom stereocenters. The highest BCUT2D eigenvalue weighted by atomic mass is 79.9. The number of halogens is 2. The Labute approximate surface area is 140 Å². The van der Waals surface area contributed by atoms with Crippen LogP contribution in [-0.4, -0.2) is 4.98 Å². The summed E-state index contributed by atoms with van der Waals surface area (Å²) in [6.45, 7) is 0. The van der Waals surface area contributed by atoms with Gasteiger partial charge in [-0.15, -0.1) is 0 Å². The van der Waals surface area contributed by atoms with Crippen LogP contribution in [0.4, 0.5) is 4.39 Å². The molecule has 0 radical (unpaired) electrons. The fourth-order valence-electron chi connectivity index (χ4n) is 2.35. The van der Waals surface area contributed by atoms with E-state index in [1.807, 2.05) is 30.3 Å². The molecule has 3 nitrogen and oxygen atoms in total. The zero-order valence-electron chi connectivity index (χ0n) is 11.8. The van der Waals surface area contributed by atoms with Gasteiger partial charge in [0, 0.05) is 21.3 Å². The molecule has 0 aliphatic carbocycles. The van der Waals surface area contributed by atoms with Crippen LogP contribution in [0, 0.1) is 17.1 Å². The van der Waals surface area contributed by atoms with Crippen molar-refractivity contribution in [3.63, 3.8) is 0 Å². The number of rotatable bonds is 2. The van der Waals surface area contributed by atoms with E-state index in [1.165, 1.54) is 6.07 Å². The summed E-state index contributed by atoms with van der Waals surface area (Å²) < 4.78 is 15.0. The number of nitrogens with zero attached hydrogens (tertiary/aromatic N) is 1. The van der Waals surface area contributed by atoms with Crippen molar-refractivity contribution in [1.29, 1.82) is 5.26 Å². The van der Waals surface area contributed by atoms with E-state index in [4.69, 9.17) is 0 Å². The lowest BCUT2D eigenvalue weighted by Gasteiger charge is -2.09. The Morgan fingerprint density at radius 3 is 2.39 bits per heavy atom. The number of H-pyrrole nitrogens is 1. The molecule has 0 saturated carbocycles. The molecule has 23 heavy (non-hydrogen) atoms. The zero-order chi connectivity index (χ0) is 16.4. The zero-order valence-corrected chi connectivity index (χ0v) is 13.4. The number of nitriles is 1. The summed E-state index contributed by atoms with van der Waals surface area (Å²) in [5.41, 5.74) is 1.18. The lowest BCUT2D eigenvalue weighted by molar-refractivity contribution is 0.631. The third-order valence-corrected chi connectivity index (χ3v) is 3.99. The van der Waals surface area contributed by atoms with Gasteiger partial charge in [0.2, 0.25) is 0 Å². The number of hydrogen-bond donors (Lipinski definition) is 1. The summed E-state index contributed by atoms with van der Waals surface area (Å²) in [6, 6.07) is 16.9. The van der Waals surface area contributed by atoms with Crippen LogP contribution in [0.2, 0.25) is 0 Å². The number of hydrogen-bond acceptors (Lipinski definition) is 2. The van der Waals surface area contributed by atoms with Gasteiger partial charge in [0.25, 0.3) is 5.56 Å². The average molecular weight is 369 g/mol. The first-order valence-electron chi connectivity index (χ1n) is 6.78. The minimum Gasteiger partial charge on any atom is -0.321 e. The topological polar surface area (TPSA) is 56.6 Å². The van der Waals surface area contributed by atoms with Gasteiger partial charge in [-0.3, -0.25) is 4.79 Å². The number of nitrogens with one attached hydrogen (secondary N) is 1. The van der Waals surface area contributed by atoms with Crippen LogP contribution in [0.1, 0.15) is 5.56 Å². The first-order chi connectivity index (χ1) is 11.1. The predicted molar refractivity (Wildman–Crippen MR) is 90.3 cm³/mol. The highest BCUT2D eigenvalue weighted by Crippen LogP contribution is 2.28. The second-order valence-corrected chi connectivity index (χ2v) is 5.82. The molecule has 1 N–H and O–H groups in total. The predicted octanol–water partition coefficient (Wildman–Crippen LogP) is 4.48. The summed E-state index contributed by atoms with van der Waals surface area (Å²) in [7, 11) is 0. The Hall–Kier alpha value is -2.71. The van der Waals surface area contributed by atoms with Crippen LogP contribution in [0.5, 0.6) is 0 Å². The highest BCUT2D eigenvalue weighted by Gasteiger charge is 2.15. The van der Waals surface area contributed by atoms with Gasteiger partial charge >= 0.3 is 0 Å². The van der Waals surface area contributed by atoms with Gasteiger partial charge in [0.1, 0.15) is 17.4 Å². The van der Waals surface area contributed by atoms with Crippen LogP contribution in [0.15, 0.2) is 63.9 Å². The molecule has 1 aromatic heterocycles. The van der Waals surface area contributed by atoms with E-state index >= 15 is 0 Å². The Kier molecular flexibility index (Phi) is 4.09. The van der Waals surface area contributed by atoms with Crippen LogP contribution < -0.4 is 5.56 Å². The maximum absolute atomic E-state index is 14.1. The molecule has 0 atom stereocenters. The summed E-state index contributed by atoms with van der Waals surface area (Å²) in [5, 5.41) is 9.25. The van der Waals surface area contributed by atoms with Crippen LogP contribution in [0.25, 0.3) is 22.4 Å². The number of aromatic nitrogens is 1. The monoisotopic (exact) mass is 368 g/mol. The van der Waals surface area contributed by atoms with Crippen molar-refractivity contribution in [1.82, 2.24) is 4.98 Å². The third kappa shape index (κ3) is 2.94. The summed E-state index contributed by atoms with van der Waals surface area (Å²) in [6.07, 6.45) is 0. The van der Waals surface area contributed by atoms with Crippen molar-refractivity contribution in [3.8, 4) is 28.5 Å². The molecule has 2 aromatic carbocycles. The maximum atomic E-state index is 14.1. The molecule has 3 aromatic rings. The van der Waals surface area contributed by atoms with E-state index in [0.717, 1.165) is 10.0 Å². The number of pyridine rings is 1. The van der Waals surface area contributed by atoms with Crippen LogP contribution in [-0.2, 0) is 0 Å². The van der Waals surface area contributed by atoms with Gasteiger partial charge < -0.3 is 4.98 Å². The molecule has 112 valence electrons. The van der Waals surface area contributed by atoms with E-state index < -0.39 is 11.4 Å². The molecule has 0 bridgehead atoms. The standard InChI is InChI=1S/C18H10BrFN2O/c19-12-7-5-11(6-8-12)17-9-14(15(10-21)18(23)22-17)13-3-1-2-4-16(13)20/h1-9H,(H,22,23). The highest BCUT2D eigenvalue weighted by molar-refractivity contribution is 9.10. The molecule has 0 fully saturated rings. The summed E-state index contributed by atoms with van der Waals surface area (Å²) in [4.78, 5) is 14.9. The van der Waals surface area contributed by atoms with E-state index in [-0.39, 0.29) is 16.7 Å². The van der Waals surface area contributed by atoms with Crippen molar-refractivity contribution < 1.29 is 4.39 Å². The SMILES string of the molecule is N#Cc1c(-c2ccccc2F)cc(-c2ccc(Br)cc2)[nH]c1=O. The molecular formula is C18H10BrFN2O. The second kappa shape index (κ2) is 6.19. The third-order valence-electron chi connectivity index (χ3n) is 3.46. The Balaban J connectivity index is 2.27. The molecule has 0 aliphatic rings. The minimum absolute atomic E-state index is 0.101. The van der Waals surface area contributed by atoms with Crippen molar-refractivity contribution >= 4 is 15.9 Å². The second-order valence-electron chi connectivity index (χ2n) is 4.90. The summed E-state index contributed by atoms with van der Waals surface area (Å²) >= 11 is 3.35. The fraction of sp³-hybridized carbons (Fsp3) is 0. The molecule has 0 amide bonds. The van der Waals surface area contributed by atoms with E-state index in [0.29, 0.717) is 5.69 Å². The Morgan fingerprint density at radius 2 is 1.74 bits per heavy atom. The van der Waals surface area contributed by atoms with Crippen molar-refractivity contribution in [2.24, 2.45) is 0 Å². The smallest absolute Gasteiger partial charge is 0.266 e. The molecule has 3 rings (SSSR count). The Morgan fingerprint density at radius 1 is 1.04 bits per heavy atom. The quantitative estimate of drug-likeness (QED) is 0.724. The average Bonchev–Trinajstić information content (AvgIpc) is 2.55. The largest absolute Gasteiger partial charge is 0.321 e. The van der Waals surface area contributed by atoms with Gasteiger partial charge in [-0.2, -0.15) is 5.26 Å². The lowest BCUT2D eigenvalue weighted by atomic mass is 9.99. The Bertz CT molecular complexity index is 972. The summed E-state index contributed by atoms with van der Waals surface area (Å²) in [5.74, 6) is -0.476. The molecule has 1 heterocycles. The van der Waals surface area contributed by atoms with Crippen molar-refractivity contribution in [3.05, 3.63) is 80.8 Å².